The molecule has 9 nitrogen and oxygen atoms in total. The maximum atomic E-state index is 12.1. The van der Waals surface area contributed by atoms with Gasteiger partial charge in [-0.3, -0.25) is 23.7 Å². The van der Waals surface area contributed by atoms with Gasteiger partial charge in [0.05, 0.1) is 17.7 Å². The Labute approximate surface area is 124 Å². The molecule has 1 aromatic carbocycles. The average Bonchev–Trinajstić information content (AvgIpc) is 2.73. The quantitative estimate of drug-likeness (QED) is 0.414. The topological polar surface area (TPSA) is 152 Å². The number of anilines is 1. The fourth-order valence-corrected chi connectivity index (χ4v) is 2.82. The summed E-state index contributed by atoms with van der Waals surface area (Å²) in [5.74, 6) is -3.11. The highest BCUT2D eigenvalue weighted by Crippen LogP contribution is 2.29. The van der Waals surface area contributed by atoms with Crippen molar-refractivity contribution in [1.82, 2.24) is 0 Å². The maximum Gasteiger partial charge on any atom is 0.277 e. The number of hydrogen-bond donors (Lipinski definition) is 2. The Hall–Kier alpha value is -2.59. The van der Waals surface area contributed by atoms with E-state index in [4.69, 9.17) is 10.3 Å². The standard InChI is InChI=1S/C12H10N2O7S/c13-11(17)7-2-1-6(5-15)3-8(7)14-10(16)4-9(12(14)18)22(19,20)21/h1-3,5,9H,4H2,(H2,13,17)(H,19,20,21). The fourth-order valence-electron chi connectivity index (χ4n) is 2.11. The van der Waals surface area contributed by atoms with Gasteiger partial charge in [0.25, 0.3) is 21.9 Å². The summed E-state index contributed by atoms with van der Waals surface area (Å²) in [5.41, 5.74) is 4.67. The zero-order valence-electron chi connectivity index (χ0n) is 10.9. The van der Waals surface area contributed by atoms with E-state index in [2.05, 4.69) is 0 Å². The van der Waals surface area contributed by atoms with Gasteiger partial charge in [-0.15, -0.1) is 0 Å². The van der Waals surface area contributed by atoms with Crippen LogP contribution >= 0.6 is 0 Å². The minimum atomic E-state index is -4.77. The predicted molar refractivity (Wildman–Crippen MR) is 72.8 cm³/mol. The number of imide groups is 1. The molecule has 0 aromatic heterocycles. The molecule has 22 heavy (non-hydrogen) atoms. The number of aldehydes is 1. The molecule has 1 saturated heterocycles. The first-order valence-electron chi connectivity index (χ1n) is 5.89. The number of carbonyl (C=O) groups is 4. The van der Waals surface area contributed by atoms with E-state index in [0.29, 0.717) is 11.2 Å². The first-order valence-corrected chi connectivity index (χ1v) is 7.39. The van der Waals surface area contributed by atoms with E-state index in [0.717, 1.165) is 12.1 Å². The van der Waals surface area contributed by atoms with Crippen molar-refractivity contribution in [3.8, 4) is 0 Å². The SMILES string of the molecule is NC(=O)c1ccc(C=O)cc1N1C(=O)CC(S(=O)(=O)O)C1=O. The molecule has 1 aliphatic rings. The Balaban J connectivity index is 2.60. The minimum Gasteiger partial charge on any atom is -0.366 e. The van der Waals surface area contributed by atoms with E-state index >= 15 is 0 Å². The molecule has 116 valence electrons. The van der Waals surface area contributed by atoms with Crippen LogP contribution in [0.3, 0.4) is 0 Å². The Kier molecular flexibility index (Phi) is 3.81. The van der Waals surface area contributed by atoms with Gasteiger partial charge < -0.3 is 5.73 Å². The second-order valence-electron chi connectivity index (χ2n) is 4.53. The zero-order chi connectivity index (χ0) is 16.7. The summed E-state index contributed by atoms with van der Waals surface area (Å²) in [7, 11) is -4.77. The summed E-state index contributed by atoms with van der Waals surface area (Å²) in [6, 6.07) is 3.46. The van der Waals surface area contributed by atoms with Gasteiger partial charge in [-0.05, 0) is 12.1 Å². The van der Waals surface area contributed by atoms with Crippen LogP contribution < -0.4 is 10.6 Å². The van der Waals surface area contributed by atoms with E-state index < -0.39 is 39.5 Å². The van der Waals surface area contributed by atoms with Gasteiger partial charge in [0.1, 0.15) is 6.29 Å². The molecule has 1 aliphatic heterocycles. The van der Waals surface area contributed by atoms with Gasteiger partial charge in [-0.25, -0.2) is 4.90 Å². The van der Waals surface area contributed by atoms with Crippen LogP contribution in [0.1, 0.15) is 27.1 Å². The second-order valence-corrected chi connectivity index (χ2v) is 6.13. The first-order chi connectivity index (χ1) is 10.2. The molecule has 2 rings (SSSR count). The van der Waals surface area contributed by atoms with E-state index in [1.165, 1.54) is 6.07 Å². The number of hydrogen-bond acceptors (Lipinski definition) is 6. The van der Waals surface area contributed by atoms with Gasteiger partial charge in [-0.1, -0.05) is 6.07 Å². The van der Waals surface area contributed by atoms with Gasteiger partial charge >= 0.3 is 0 Å². The van der Waals surface area contributed by atoms with Gasteiger partial charge in [0.2, 0.25) is 5.91 Å². The van der Waals surface area contributed by atoms with Crippen molar-refractivity contribution in [1.29, 1.82) is 0 Å². The predicted octanol–water partition coefficient (Wildman–Crippen LogP) is -0.882. The Bertz CT molecular complexity index is 800. The third-order valence-electron chi connectivity index (χ3n) is 3.13. The molecule has 0 bridgehead atoms. The number of rotatable bonds is 4. The molecule has 0 spiro atoms. The maximum absolute atomic E-state index is 12.1. The fraction of sp³-hybridized carbons (Fsp3) is 0.167. The largest absolute Gasteiger partial charge is 0.366 e. The van der Waals surface area contributed by atoms with Crippen molar-refractivity contribution in [2.45, 2.75) is 11.7 Å². The lowest BCUT2D eigenvalue weighted by molar-refractivity contribution is -0.121. The van der Waals surface area contributed by atoms with Crippen molar-refractivity contribution >= 4 is 39.8 Å². The van der Waals surface area contributed by atoms with Gasteiger partial charge in [0, 0.05) is 5.56 Å². The van der Waals surface area contributed by atoms with E-state index in [1.54, 1.807) is 0 Å². The lowest BCUT2D eigenvalue weighted by Gasteiger charge is -2.17. The Morgan fingerprint density at radius 2 is 2.00 bits per heavy atom. The molecule has 0 saturated carbocycles. The van der Waals surface area contributed by atoms with Crippen molar-refractivity contribution < 1.29 is 32.1 Å². The number of nitrogens with two attached hydrogens (primary N) is 1. The monoisotopic (exact) mass is 326 g/mol. The Morgan fingerprint density at radius 1 is 1.36 bits per heavy atom. The number of amides is 3. The number of benzene rings is 1. The summed E-state index contributed by atoms with van der Waals surface area (Å²) in [4.78, 5) is 46.6. The minimum absolute atomic E-state index is 0.0518. The molecule has 3 N–H and O–H groups in total. The summed E-state index contributed by atoms with van der Waals surface area (Å²) in [5, 5.41) is -1.94. The summed E-state index contributed by atoms with van der Waals surface area (Å²) in [6.45, 7) is 0. The lowest BCUT2D eigenvalue weighted by Crippen LogP contribution is -2.36. The highest BCUT2D eigenvalue weighted by atomic mass is 32.2. The highest BCUT2D eigenvalue weighted by molar-refractivity contribution is 7.87. The summed E-state index contributed by atoms with van der Waals surface area (Å²) in [6.07, 6.45) is -0.346. The number of primary amides is 1. The van der Waals surface area contributed by atoms with Crippen LogP contribution in [0.5, 0.6) is 0 Å². The van der Waals surface area contributed by atoms with Crippen LogP contribution in [-0.2, 0) is 19.7 Å². The highest BCUT2D eigenvalue weighted by Gasteiger charge is 2.47. The van der Waals surface area contributed by atoms with Crippen molar-refractivity contribution in [2.75, 3.05) is 4.90 Å². The molecule has 1 fully saturated rings. The second kappa shape index (κ2) is 5.31. The lowest BCUT2D eigenvalue weighted by atomic mass is 10.1. The van der Waals surface area contributed by atoms with Crippen molar-refractivity contribution in [2.24, 2.45) is 5.73 Å². The molecular formula is C12H10N2O7S. The first kappa shape index (κ1) is 15.8. The van der Waals surface area contributed by atoms with Crippen molar-refractivity contribution in [3.05, 3.63) is 29.3 Å². The number of nitrogens with zero attached hydrogens (tertiary/aromatic N) is 1. The molecule has 0 radical (unpaired) electrons. The van der Waals surface area contributed by atoms with Gasteiger partial charge in [-0.2, -0.15) is 8.42 Å². The van der Waals surface area contributed by atoms with E-state index in [9.17, 15) is 27.6 Å². The molecule has 10 heteroatoms. The average molecular weight is 326 g/mol. The van der Waals surface area contributed by atoms with Gasteiger partial charge in [0.15, 0.2) is 5.25 Å². The zero-order valence-corrected chi connectivity index (χ0v) is 11.7. The van der Waals surface area contributed by atoms with Crippen LogP contribution in [0.4, 0.5) is 5.69 Å². The molecule has 1 unspecified atom stereocenters. The summed E-state index contributed by atoms with van der Waals surface area (Å²) >= 11 is 0. The van der Waals surface area contributed by atoms with Crippen LogP contribution in [0.2, 0.25) is 0 Å². The van der Waals surface area contributed by atoms with Crippen LogP contribution in [0, 0.1) is 0 Å². The van der Waals surface area contributed by atoms with Crippen LogP contribution in [0.15, 0.2) is 18.2 Å². The summed E-state index contributed by atoms with van der Waals surface area (Å²) < 4.78 is 31.2. The smallest absolute Gasteiger partial charge is 0.277 e. The van der Waals surface area contributed by atoms with Crippen molar-refractivity contribution in [3.63, 3.8) is 0 Å². The van der Waals surface area contributed by atoms with Crippen LogP contribution in [-0.4, -0.2) is 42.2 Å². The molecule has 0 aliphatic carbocycles. The molecule has 1 aromatic rings. The third kappa shape index (κ3) is 2.61. The third-order valence-corrected chi connectivity index (χ3v) is 4.22. The molecular weight excluding hydrogens is 316 g/mol. The molecule has 3 amide bonds. The van der Waals surface area contributed by atoms with Crippen LogP contribution in [0.25, 0.3) is 0 Å². The van der Waals surface area contributed by atoms with E-state index in [-0.39, 0.29) is 16.8 Å². The molecule has 1 atom stereocenters. The van der Waals surface area contributed by atoms with E-state index in [1.807, 2.05) is 0 Å². The number of carbonyl (C=O) groups excluding carboxylic acids is 4. The molecule has 1 heterocycles. The normalized spacial score (nSPS) is 18.6. The Morgan fingerprint density at radius 3 is 2.45 bits per heavy atom.